The second-order valence-electron chi connectivity index (χ2n) is 7.49. The minimum absolute atomic E-state index is 0.0522. The van der Waals surface area contributed by atoms with Crippen molar-refractivity contribution in [1.29, 1.82) is 0 Å². The SMILES string of the molecule is CC(C)c1ccc(OCC(=O)Nc2ccccc2OCCCc2ccccc2)cc1. The molecular formula is C26H29NO3. The normalized spacial score (nSPS) is 10.6. The minimum atomic E-state index is -0.219. The van der Waals surface area contributed by atoms with E-state index in [0.29, 0.717) is 29.7 Å². The fourth-order valence-corrected chi connectivity index (χ4v) is 3.08. The molecule has 0 radical (unpaired) electrons. The highest BCUT2D eigenvalue weighted by Gasteiger charge is 2.09. The summed E-state index contributed by atoms with van der Waals surface area (Å²) in [5.41, 5.74) is 3.19. The highest BCUT2D eigenvalue weighted by Crippen LogP contribution is 2.24. The van der Waals surface area contributed by atoms with E-state index in [1.54, 1.807) is 0 Å². The minimum Gasteiger partial charge on any atom is -0.491 e. The molecule has 0 aliphatic rings. The van der Waals surface area contributed by atoms with Crippen molar-refractivity contribution in [2.24, 2.45) is 0 Å². The average Bonchev–Trinajstić information content (AvgIpc) is 2.77. The summed E-state index contributed by atoms with van der Waals surface area (Å²) < 4.78 is 11.5. The summed E-state index contributed by atoms with van der Waals surface area (Å²) in [5.74, 6) is 1.59. The molecule has 0 heterocycles. The number of benzene rings is 3. The van der Waals surface area contributed by atoms with E-state index in [9.17, 15) is 4.79 Å². The number of para-hydroxylation sites is 2. The van der Waals surface area contributed by atoms with Crippen LogP contribution in [0.1, 0.15) is 37.3 Å². The summed E-state index contributed by atoms with van der Waals surface area (Å²) in [4.78, 5) is 12.3. The zero-order chi connectivity index (χ0) is 21.2. The van der Waals surface area contributed by atoms with Crippen LogP contribution >= 0.6 is 0 Å². The molecule has 156 valence electrons. The molecule has 4 nitrogen and oxygen atoms in total. The lowest BCUT2D eigenvalue weighted by Crippen LogP contribution is -2.20. The Balaban J connectivity index is 1.46. The van der Waals surface area contributed by atoms with Gasteiger partial charge < -0.3 is 14.8 Å². The molecule has 0 saturated heterocycles. The quantitative estimate of drug-likeness (QED) is 0.433. The van der Waals surface area contributed by atoms with E-state index in [2.05, 4.69) is 31.3 Å². The molecular weight excluding hydrogens is 374 g/mol. The van der Waals surface area contributed by atoms with Crippen LogP contribution in [-0.4, -0.2) is 19.1 Å². The summed E-state index contributed by atoms with van der Waals surface area (Å²) in [6.07, 6.45) is 1.86. The molecule has 0 fully saturated rings. The van der Waals surface area contributed by atoms with E-state index in [1.165, 1.54) is 11.1 Å². The standard InChI is InChI=1S/C26H29NO3/c1-20(2)22-14-16-23(17-15-22)30-19-26(28)27-24-12-6-7-13-25(24)29-18-8-11-21-9-4-3-5-10-21/h3-7,9-10,12-17,20H,8,11,18-19H2,1-2H3,(H,27,28). The van der Waals surface area contributed by atoms with E-state index in [0.717, 1.165) is 12.8 Å². The smallest absolute Gasteiger partial charge is 0.262 e. The molecule has 1 amide bonds. The monoisotopic (exact) mass is 403 g/mol. The number of hydrogen-bond acceptors (Lipinski definition) is 3. The van der Waals surface area contributed by atoms with Gasteiger partial charge in [-0.05, 0) is 54.2 Å². The molecule has 3 aromatic rings. The number of carbonyl (C=O) groups is 1. The average molecular weight is 404 g/mol. The van der Waals surface area contributed by atoms with Crippen molar-refractivity contribution in [1.82, 2.24) is 0 Å². The Hall–Kier alpha value is -3.27. The number of nitrogens with one attached hydrogen (secondary N) is 1. The van der Waals surface area contributed by atoms with Crippen molar-refractivity contribution in [2.75, 3.05) is 18.5 Å². The molecule has 0 atom stereocenters. The summed E-state index contributed by atoms with van der Waals surface area (Å²) in [6.45, 7) is 4.82. The number of anilines is 1. The second kappa shape index (κ2) is 11.1. The highest BCUT2D eigenvalue weighted by atomic mass is 16.5. The predicted molar refractivity (Wildman–Crippen MR) is 121 cm³/mol. The van der Waals surface area contributed by atoms with Gasteiger partial charge in [-0.25, -0.2) is 0 Å². The Bertz CT molecular complexity index is 921. The first-order valence-electron chi connectivity index (χ1n) is 10.4. The van der Waals surface area contributed by atoms with Gasteiger partial charge >= 0.3 is 0 Å². The van der Waals surface area contributed by atoms with Crippen LogP contribution in [-0.2, 0) is 11.2 Å². The lowest BCUT2D eigenvalue weighted by Gasteiger charge is -2.13. The Morgan fingerprint density at radius 1 is 0.867 bits per heavy atom. The van der Waals surface area contributed by atoms with Gasteiger partial charge in [-0.2, -0.15) is 0 Å². The van der Waals surface area contributed by atoms with Gasteiger partial charge in [0.1, 0.15) is 11.5 Å². The van der Waals surface area contributed by atoms with Crippen LogP contribution in [0.4, 0.5) is 5.69 Å². The summed E-state index contributed by atoms with van der Waals surface area (Å²) >= 11 is 0. The van der Waals surface area contributed by atoms with Gasteiger partial charge in [0.2, 0.25) is 0 Å². The molecule has 3 rings (SSSR count). The second-order valence-corrected chi connectivity index (χ2v) is 7.49. The molecule has 0 saturated carbocycles. The van der Waals surface area contributed by atoms with Gasteiger partial charge in [0.15, 0.2) is 6.61 Å². The van der Waals surface area contributed by atoms with Gasteiger partial charge in [0, 0.05) is 0 Å². The Morgan fingerprint density at radius 2 is 1.57 bits per heavy atom. The van der Waals surface area contributed by atoms with Crippen LogP contribution in [0.5, 0.6) is 11.5 Å². The first kappa shape index (κ1) is 21.4. The van der Waals surface area contributed by atoms with Crippen molar-refractivity contribution in [3.63, 3.8) is 0 Å². The van der Waals surface area contributed by atoms with Gasteiger partial charge in [0.25, 0.3) is 5.91 Å². The van der Waals surface area contributed by atoms with Crippen LogP contribution in [0.25, 0.3) is 0 Å². The zero-order valence-corrected chi connectivity index (χ0v) is 17.6. The van der Waals surface area contributed by atoms with Crippen molar-refractivity contribution in [3.8, 4) is 11.5 Å². The van der Waals surface area contributed by atoms with Crippen molar-refractivity contribution in [2.45, 2.75) is 32.6 Å². The van der Waals surface area contributed by atoms with E-state index in [1.807, 2.05) is 66.7 Å². The fourth-order valence-electron chi connectivity index (χ4n) is 3.08. The van der Waals surface area contributed by atoms with E-state index in [-0.39, 0.29) is 12.5 Å². The number of ether oxygens (including phenoxy) is 2. The molecule has 0 bridgehead atoms. The van der Waals surface area contributed by atoms with E-state index < -0.39 is 0 Å². The summed E-state index contributed by atoms with van der Waals surface area (Å²) in [5, 5.41) is 2.88. The van der Waals surface area contributed by atoms with Crippen LogP contribution in [0, 0.1) is 0 Å². The van der Waals surface area contributed by atoms with Gasteiger partial charge in [-0.15, -0.1) is 0 Å². The van der Waals surface area contributed by atoms with Crippen LogP contribution in [0.3, 0.4) is 0 Å². The molecule has 0 aliphatic heterocycles. The molecule has 0 aliphatic carbocycles. The predicted octanol–water partition coefficient (Wildman–Crippen LogP) is 5.84. The maximum absolute atomic E-state index is 12.3. The van der Waals surface area contributed by atoms with Gasteiger partial charge in [0.05, 0.1) is 12.3 Å². The van der Waals surface area contributed by atoms with Crippen molar-refractivity contribution in [3.05, 3.63) is 90.0 Å². The molecule has 3 aromatic carbocycles. The first-order chi connectivity index (χ1) is 14.6. The number of carbonyl (C=O) groups excluding carboxylic acids is 1. The third-order valence-corrected chi connectivity index (χ3v) is 4.79. The lowest BCUT2D eigenvalue weighted by atomic mass is 10.0. The van der Waals surface area contributed by atoms with Crippen molar-refractivity contribution >= 4 is 11.6 Å². The topological polar surface area (TPSA) is 47.6 Å². The zero-order valence-electron chi connectivity index (χ0n) is 17.6. The molecule has 0 aromatic heterocycles. The maximum atomic E-state index is 12.3. The third-order valence-electron chi connectivity index (χ3n) is 4.79. The molecule has 30 heavy (non-hydrogen) atoms. The third kappa shape index (κ3) is 6.66. The number of amides is 1. The maximum Gasteiger partial charge on any atom is 0.262 e. The molecule has 4 heteroatoms. The van der Waals surface area contributed by atoms with Crippen LogP contribution in [0.2, 0.25) is 0 Å². The highest BCUT2D eigenvalue weighted by molar-refractivity contribution is 5.93. The molecule has 0 spiro atoms. The Labute approximate surface area is 178 Å². The van der Waals surface area contributed by atoms with E-state index >= 15 is 0 Å². The summed E-state index contributed by atoms with van der Waals surface area (Å²) in [7, 11) is 0. The first-order valence-corrected chi connectivity index (χ1v) is 10.4. The van der Waals surface area contributed by atoms with Crippen LogP contribution < -0.4 is 14.8 Å². The largest absolute Gasteiger partial charge is 0.491 e. The molecule has 0 unspecified atom stereocenters. The number of hydrogen-bond donors (Lipinski definition) is 1. The number of aryl methyl sites for hydroxylation is 1. The lowest BCUT2D eigenvalue weighted by molar-refractivity contribution is -0.118. The Morgan fingerprint density at radius 3 is 2.30 bits per heavy atom. The van der Waals surface area contributed by atoms with Gasteiger partial charge in [-0.3, -0.25) is 4.79 Å². The fraction of sp³-hybridized carbons (Fsp3) is 0.269. The van der Waals surface area contributed by atoms with Crippen molar-refractivity contribution < 1.29 is 14.3 Å². The molecule has 1 N–H and O–H groups in total. The van der Waals surface area contributed by atoms with Gasteiger partial charge in [-0.1, -0.05) is 68.4 Å². The number of rotatable bonds is 10. The Kier molecular flexibility index (Phi) is 7.90. The summed E-state index contributed by atoms with van der Waals surface area (Å²) in [6, 6.07) is 25.6. The van der Waals surface area contributed by atoms with Crippen LogP contribution in [0.15, 0.2) is 78.9 Å². The van der Waals surface area contributed by atoms with E-state index in [4.69, 9.17) is 9.47 Å².